The number of para-hydroxylation sites is 1. The van der Waals surface area contributed by atoms with E-state index in [-0.39, 0.29) is 11.2 Å². The minimum Gasteiger partial charge on any atom is -0.300 e. The van der Waals surface area contributed by atoms with Gasteiger partial charge in [0, 0.05) is 6.20 Å². The molecule has 1 atom stereocenters. The van der Waals surface area contributed by atoms with E-state index in [1.807, 2.05) is 5.01 Å². The topological polar surface area (TPSA) is 23.6 Å². The molecule has 128 valence electrons. The maximum atomic E-state index is 13.5. The van der Waals surface area contributed by atoms with Crippen LogP contribution < -0.4 is 5.01 Å². The van der Waals surface area contributed by atoms with E-state index in [9.17, 15) is 18.0 Å². The summed E-state index contributed by atoms with van der Waals surface area (Å²) < 4.78 is 40.5. The zero-order valence-corrected chi connectivity index (χ0v) is 13.4. The summed E-state index contributed by atoms with van der Waals surface area (Å²) in [7, 11) is 0. The average Bonchev–Trinajstić information content (AvgIpc) is 3.43. The van der Waals surface area contributed by atoms with Gasteiger partial charge in [-0.1, -0.05) is 12.1 Å². The summed E-state index contributed by atoms with van der Waals surface area (Å²) in [6.45, 7) is 1.66. The van der Waals surface area contributed by atoms with Crippen LogP contribution in [0.1, 0.15) is 38.2 Å². The second kappa shape index (κ2) is 4.77. The predicted octanol–water partition coefficient (Wildman–Crippen LogP) is 4.16. The number of anilines is 1. The monoisotopic (exact) mass is 336 g/mol. The largest absolute Gasteiger partial charge is 0.418 e. The second-order valence-electron chi connectivity index (χ2n) is 7.21. The molecule has 3 aliphatic rings. The molecule has 1 aromatic carbocycles. The number of hydrazine groups is 1. The molecule has 2 fully saturated rings. The highest BCUT2D eigenvalue weighted by atomic mass is 19.4. The Morgan fingerprint density at radius 2 is 1.88 bits per heavy atom. The van der Waals surface area contributed by atoms with Gasteiger partial charge in [0.2, 0.25) is 0 Å². The Kier molecular flexibility index (Phi) is 3.09. The highest BCUT2D eigenvalue weighted by Gasteiger charge is 2.61. The SMILES string of the molecule is CC1(C=O)C=CN(C2(C3CC3)CC2)N1c1ccccc1C(F)(F)F. The first-order chi connectivity index (χ1) is 11.3. The lowest BCUT2D eigenvalue weighted by molar-refractivity contribution is -0.137. The Balaban J connectivity index is 1.83. The first kappa shape index (κ1) is 15.5. The molecule has 24 heavy (non-hydrogen) atoms. The number of carbonyl (C=O) groups is 1. The summed E-state index contributed by atoms with van der Waals surface area (Å²) in [4.78, 5) is 11.8. The lowest BCUT2D eigenvalue weighted by Gasteiger charge is -2.44. The van der Waals surface area contributed by atoms with Crippen LogP contribution in [0, 0.1) is 5.92 Å². The lowest BCUT2D eigenvalue weighted by Crippen LogP contribution is -2.55. The molecule has 2 aliphatic carbocycles. The van der Waals surface area contributed by atoms with Gasteiger partial charge in [-0.15, -0.1) is 0 Å². The number of hydrogen-bond donors (Lipinski definition) is 0. The fourth-order valence-electron chi connectivity index (χ4n) is 3.87. The van der Waals surface area contributed by atoms with Gasteiger partial charge in [0.25, 0.3) is 0 Å². The van der Waals surface area contributed by atoms with Gasteiger partial charge in [0.15, 0.2) is 6.29 Å². The molecule has 1 aliphatic heterocycles. The van der Waals surface area contributed by atoms with E-state index in [1.165, 1.54) is 12.1 Å². The van der Waals surface area contributed by atoms with Crippen molar-refractivity contribution in [3.05, 3.63) is 42.1 Å². The smallest absolute Gasteiger partial charge is 0.300 e. The van der Waals surface area contributed by atoms with Crippen LogP contribution in [0.3, 0.4) is 0 Å². The van der Waals surface area contributed by atoms with Crippen molar-refractivity contribution in [3.8, 4) is 0 Å². The first-order valence-corrected chi connectivity index (χ1v) is 8.23. The van der Waals surface area contributed by atoms with Gasteiger partial charge in [-0.05, 0) is 56.7 Å². The van der Waals surface area contributed by atoms with Gasteiger partial charge in [0.1, 0.15) is 5.54 Å². The number of rotatable bonds is 4. The van der Waals surface area contributed by atoms with Crippen molar-refractivity contribution in [1.29, 1.82) is 0 Å². The van der Waals surface area contributed by atoms with Crippen LogP contribution >= 0.6 is 0 Å². The summed E-state index contributed by atoms with van der Waals surface area (Å²) in [6.07, 6.45) is 3.89. The van der Waals surface area contributed by atoms with E-state index in [1.54, 1.807) is 30.3 Å². The molecule has 3 nitrogen and oxygen atoms in total. The molecule has 0 aromatic heterocycles. The van der Waals surface area contributed by atoms with E-state index in [2.05, 4.69) is 0 Å². The maximum Gasteiger partial charge on any atom is 0.418 e. The Labute approximate surface area is 138 Å². The molecule has 1 heterocycles. The third-order valence-electron chi connectivity index (χ3n) is 5.46. The quantitative estimate of drug-likeness (QED) is 0.772. The first-order valence-electron chi connectivity index (χ1n) is 8.23. The maximum absolute atomic E-state index is 13.5. The molecule has 0 bridgehead atoms. The lowest BCUT2D eigenvalue weighted by atomic mass is 10.0. The van der Waals surface area contributed by atoms with E-state index in [0.29, 0.717) is 5.92 Å². The zero-order valence-electron chi connectivity index (χ0n) is 13.4. The van der Waals surface area contributed by atoms with Crippen molar-refractivity contribution in [2.24, 2.45) is 5.92 Å². The van der Waals surface area contributed by atoms with Crippen LogP contribution in [0.4, 0.5) is 18.9 Å². The van der Waals surface area contributed by atoms with Crippen molar-refractivity contribution >= 4 is 12.0 Å². The third kappa shape index (κ3) is 2.15. The Hall–Kier alpha value is -1.98. The highest BCUT2D eigenvalue weighted by Crippen LogP contribution is 2.60. The molecule has 6 heteroatoms. The van der Waals surface area contributed by atoms with Gasteiger partial charge in [-0.25, -0.2) is 0 Å². The number of halogens is 3. The van der Waals surface area contributed by atoms with E-state index in [4.69, 9.17) is 0 Å². The second-order valence-corrected chi connectivity index (χ2v) is 7.21. The fraction of sp³-hybridized carbons (Fsp3) is 0.500. The van der Waals surface area contributed by atoms with Crippen LogP contribution in [0.2, 0.25) is 0 Å². The van der Waals surface area contributed by atoms with Crippen LogP contribution in [0.25, 0.3) is 0 Å². The molecule has 0 saturated heterocycles. The van der Waals surface area contributed by atoms with Crippen molar-refractivity contribution in [2.45, 2.75) is 49.9 Å². The number of carbonyl (C=O) groups excluding carboxylic acids is 1. The molecule has 1 unspecified atom stereocenters. The summed E-state index contributed by atoms with van der Waals surface area (Å²) in [5.74, 6) is 0.511. The van der Waals surface area contributed by atoms with Crippen LogP contribution in [0.5, 0.6) is 0 Å². The van der Waals surface area contributed by atoms with Gasteiger partial charge in [0.05, 0.1) is 16.8 Å². The van der Waals surface area contributed by atoms with E-state index < -0.39 is 17.3 Å². The van der Waals surface area contributed by atoms with E-state index in [0.717, 1.165) is 38.0 Å². The number of alkyl halides is 3. The molecule has 4 rings (SSSR count). The number of hydrogen-bond acceptors (Lipinski definition) is 3. The third-order valence-corrected chi connectivity index (χ3v) is 5.46. The molecule has 0 radical (unpaired) electrons. The Morgan fingerprint density at radius 3 is 2.42 bits per heavy atom. The number of nitrogens with zero attached hydrogens (tertiary/aromatic N) is 2. The normalized spacial score (nSPS) is 28.3. The van der Waals surface area contributed by atoms with Gasteiger partial charge < -0.3 is 4.79 Å². The Bertz CT molecular complexity index is 706. The fourth-order valence-corrected chi connectivity index (χ4v) is 3.87. The molecule has 1 aromatic rings. The molecule has 0 N–H and O–H groups in total. The van der Waals surface area contributed by atoms with Crippen molar-refractivity contribution in [3.63, 3.8) is 0 Å². The van der Waals surface area contributed by atoms with Crippen molar-refractivity contribution in [1.82, 2.24) is 5.01 Å². The van der Waals surface area contributed by atoms with Crippen molar-refractivity contribution in [2.75, 3.05) is 5.01 Å². The molecule has 2 saturated carbocycles. The summed E-state index contributed by atoms with van der Waals surface area (Å²) in [5.41, 5.74) is -1.89. The molecular weight excluding hydrogens is 317 g/mol. The predicted molar refractivity (Wildman–Crippen MR) is 84.1 cm³/mol. The van der Waals surface area contributed by atoms with Crippen LogP contribution in [-0.4, -0.2) is 22.4 Å². The van der Waals surface area contributed by atoms with Crippen LogP contribution in [-0.2, 0) is 11.0 Å². The van der Waals surface area contributed by atoms with Crippen LogP contribution in [0.15, 0.2) is 36.5 Å². The summed E-state index contributed by atoms with van der Waals surface area (Å²) >= 11 is 0. The van der Waals surface area contributed by atoms with Gasteiger partial charge in [-0.2, -0.15) is 13.2 Å². The minimum absolute atomic E-state index is 0.0384. The molecule has 0 amide bonds. The number of benzene rings is 1. The standard InChI is InChI=1S/C18H19F3N2O/c1-16(12-24)10-11-22(17(8-9-17)13-6-7-13)23(16)15-5-3-2-4-14(15)18(19,20)21/h2-5,10-13H,6-9H2,1H3. The number of aldehydes is 1. The van der Waals surface area contributed by atoms with Gasteiger partial charge >= 0.3 is 6.18 Å². The zero-order chi connectivity index (χ0) is 17.2. The average molecular weight is 336 g/mol. The highest BCUT2D eigenvalue weighted by molar-refractivity contribution is 5.77. The van der Waals surface area contributed by atoms with Gasteiger partial charge in [-0.3, -0.25) is 10.0 Å². The molecule has 0 spiro atoms. The summed E-state index contributed by atoms with van der Waals surface area (Å²) in [5, 5.41) is 3.46. The van der Waals surface area contributed by atoms with Crippen molar-refractivity contribution < 1.29 is 18.0 Å². The minimum atomic E-state index is -4.47. The summed E-state index contributed by atoms with van der Waals surface area (Å²) in [6, 6.07) is 5.50. The Morgan fingerprint density at radius 1 is 1.21 bits per heavy atom. The molecular formula is C18H19F3N2O. The van der Waals surface area contributed by atoms with E-state index >= 15 is 0 Å².